The van der Waals surface area contributed by atoms with E-state index in [1.807, 2.05) is 20.0 Å². The van der Waals surface area contributed by atoms with Gasteiger partial charge in [-0.25, -0.2) is 4.79 Å². The van der Waals surface area contributed by atoms with E-state index in [1.54, 1.807) is 12.1 Å². The largest absolute Gasteiger partial charge is 0.478 e. The molecule has 0 saturated heterocycles. The molecule has 0 aliphatic heterocycles. The lowest BCUT2D eigenvalue weighted by molar-refractivity contribution is 0.0697. The molecular formula is C13H17NO2. The van der Waals surface area contributed by atoms with Gasteiger partial charge in [0, 0.05) is 13.6 Å². The molecule has 3 heteroatoms. The highest BCUT2D eigenvalue weighted by molar-refractivity contribution is 5.95. The number of carboxylic acids is 1. The number of hydrogen-bond acceptors (Lipinski definition) is 2. The van der Waals surface area contributed by atoms with Crippen molar-refractivity contribution >= 4 is 11.7 Å². The van der Waals surface area contributed by atoms with Crippen LogP contribution in [0.15, 0.2) is 18.2 Å². The molecule has 0 unspecified atom stereocenters. The molecule has 0 radical (unpaired) electrons. The van der Waals surface area contributed by atoms with E-state index in [2.05, 4.69) is 4.90 Å². The fourth-order valence-corrected chi connectivity index (χ4v) is 2.12. The summed E-state index contributed by atoms with van der Waals surface area (Å²) in [6.45, 7) is 2.93. The highest BCUT2D eigenvalue weighted by atomic mass is 16.4. The zero-order valence-corrected chi connectivity index (χ0v) is 9.73. The molecule has 1 fully saturated rings. The molecule has 0 heterocycles. The van der Waals surface area contributed by atoms with Crippen LogP contribution in [0, 0.1) is 12.8 Å². The van der Waals surface area contributed by atoms with Gasteiger partial charge in [-0.1, -0.05) is 12.1 Å². The Morgan fingerprint density at radius 1 is 1.50 bits per heavy atom. The van der Waals surface area contributed by atoms with Crippen molar-refractivity contribution in [1.29, 1.82) is 0 Å². The monoisotopic (exact) mass is 219 g/mol. The number of benzene rings is 1. The number of anilines is 1. The van der Waals surface area contributed by atoms with E-state index in [1.165, 1.54) is 12.8 Å². The molecule has 2 rings (SSSR count). The standard InChI is InChI=1S/C13H17NO2/c1-9-4-3-5-11(13(15)16)12(9)14(2)8-10-6-7-10/h3-5,10H,6-8H2,1-2H3,(H,15,16). The lowest BCUT2D eigenvalue weighted by Gasteiger charge is -2.23. The van der Waals surface area contributed by atoms with Crippen molar-refractivity contribution in [3.63, 3.8) is 0 Å². The van der Waals surface area contributed by atoms with Gasteiger partial charge in [-0.3, -0.25) is 0 Å². The molecule has 0 spiro atoms. The van der Waals surface area contributed by atoms with E-state index in [0.29, 0.717) is 5.56 Å². The SMILES string of the molecule is Cc1cccc(C(=O)O)c1N(C)CC1CC1. The molecule has 3 nitrogen and oxygen atoms in total. The molecule has 0 atom stereocenters. The number of aromatic carboxylic acids is 1. The topological polar surface area (TPSA) is 40.5 Å². The molecule has 1 aliphatic carbocycles. The van der Waals surface area contributed by atoms with Gasteiger partial charge in [-0.05, 0) is 37.3 Å². The zero-order chi connectivity index (χ0) is 11.7. The maximum Gasteiger partial charge on any atom is 0.337 e. The van der Waals surface area contributed by atoms with Gasteiger partial charge in [0.2, 0.25) is 0 Å². The Labute approximate surface area is 95.7 Å². The van der Waals surface area contributed by atoms with Crippen molar-refractivity contribution in [2.45, 2.75) is 19.8 Å². The number of carbonyl (C=O) groups is 1. The van der Waals surface area contributed by atoms with Crippen LogP contribution in [0.2, 0.25) is 0 Å². The second-order valence-corrected chi connectivity index (χ2v) is 4.60. The summed E-state index contributed by atoms with van der Waals surface area (Å²) in [7, 11) is 1.98. The van der Waals surface area contributed by atoms with E-state index in [9.17, 15) is 4.79 Å². The number of rotatable bonds is 4. The van der Waals surface area contributed by atoms with Gasteiger partial charge in [0.1, 0.15) is 0 Å². The summed E-state index contributed by atoms with van der Waals surface area (Å²) in [5.74, 6) is -0.0902. The molecule has 0 aromatic heterocycles. The number of hydrogen-bond donors (Lipinski definition) is 1. The van der Waals surface area contributed by atoms with E-state index in [-0.39, 0.29) is 0 Å². The fourth-order valence-electron chi connectivity index (χ4n) is 2.12. The molecule has 86 valence electrons. The molecule has 1 aliphatic rings. The molecule has 1 saturated carbocycles. The van der Waals surface area contributed by atoms with E-state index in [4.69, 9.17) is 5.11 Å². The first-order valence-corrected chi connectivity index (χ1v) is 5.63. The average molecular weight is 219 g/mol. The molecule has 1 N–H and O–H groups in total. The van der Waals surface area contributed by atoms with Crippen LogP contribution in [0.5, 0.6) is 0 Å². The van der Waals surface area contributed by atoms with E-state index in [0.717, 1.165) is 23.7 Å². The summed E-state index contributed by atoms with van der Waals surface area (Å²) >= 11 is 0. The number of aryl methyl sites for hydroxylation is 1. The minimum absolute atomic E-state index is 0.406. The van der Waals surface area contributed by atoms with Crippen LogP contribution in [0.4, 0.5) is 5.69 Å². The second-order valence-electron chi connectivity index (χ2n) is 4.60. The molecule has 0 bridgehead atoms. The highest BCUT2D eigenvalue weighted by Crippen LogP contribution is 2.32. The van der Waals surface area contributed by atoms with Crippen molar-refractivity contribution in [1.82, 2.24) is 0 Å². The number of para-hydroxylation sites is 1. The van der Waals surface area contributed by atoms with Gasteiger partial charge in [0.15, 0.2) is 0 Å². The first-order valence-electron chi connectivity index (χ1n) is 5.63. The van der Waals surface area contributed by atoms with Gasteiger partial charge >= 0.3 is 5.97 Å². The minimum Gasteiger partial charge on any atom is -0.478 e. The third-order valence-electron chi connectivity index (χ3n) is 3.08. The van der Waals surface area contributed by atoms with Crippen LogP contribution in [0.3, 0.4) is 0 Å². The van der Waals surface area contributed by atoms with Crippen molar-refractivity contribution in [3.8, 4) is 0 Å². The highest BCUT2D eigenvalue weighted by Gasteiger charge is 2.25. The molecule has 16 heavy (non-hydrogen) atoms. The maximum atomic E-state index is 11.2. The summed E-state index contributed by atoms with van der Waals surface area (Å²) in [4.78, 5) is 13.2. The van der Waals surface area contributed by atoms with Crippen LogP contribution >= 0.6 is 0 Å². The smallest absolute Gasteiger partial charge is 0.337 e. The van der Waals surface area contributed by atoms with Gasteiger partial charge in [0.05, 0.1) is 11.3 Å². The lowest BCUT2D eigenvalue weighted by Crippen LogP contribution is -2.23. The van der Waals surface area contributed by atoms with Crippen LogP contribution in [-0.4, -0.2) is 24.7 Å². The molecule has 0 amide bonds. The van der Waals surface area contributed by atoms with Crippen LogP contribution in [-0.2, 0) is 0 Å². The number of nitrogens with zero attached hydrogens (tertiary/aromatic N) is 1. The summed E-state index contributed by atoms with van der Waals surface area (Å²) < 4.78 is 0. The Morgan fingerprint density at radius 2 is 2.19 bits per heavy atom. The van der Waals surface area contributed by atoms with Gasteiger partial charge < -0.3 is 10.0 Å². The maximum absolute atomic E-state index is 11.2. The van der Waals surface area contributed by atoms with Crippen LogP contribution < -0.4 is 4.90 Å². The van der Waals surface area contributed by atoms with Gasteiger partial charge in [-0.2, -0.15) is 0 Å². The van der Waals surface area contributed by atoms with Gasteiger partial charge in [0.25, 0.3) is 0 Å². The predicted octanol–water partition coefficient (Wildman–Crippen LogP) is 2.54. The van der Waals surface area contributed by atoms with Crippen LogP contribution in [0.1, 0.15) is 28.8 Å². The second kappa shape index (κ2) is 4.16. The van der Waals surface area contributed by atoms with Crippen molar-refractivity contribution in [3.05, 3.63) is 29.3 Å². The van der Waals surface area contributed by atoms with Crippen molar-refractivity contribution < 1.29 is 9.90 Å². The predicted molar refractivity (Wildman–Crippen MR) is 64.1 cm³/mol. The summed E-state index contributed by atoms with van der Waals surface area (Å²) in [6.07, 6.45) is 2.55. The summed E-state index contributed by atoms with van der Waals surface area (Å²) in [5, 5.41) is 9.16. The Balaban J connectivity index is 2.31. The average Bonchev–Trinajstić information content (AvgIpc) is 3.00. The Morgan fingerprint density at radius 3 is 2.75 bits per heavy atom. The van der Waals surface area contributed by atoms with E-state index >= 15 is 0 Å². The fraction of sp³-hybridized carbons (Fsp3) is 0.462. The normalized spacial score (nSPS) is 14.9. The van der Waals surface area contributed by atoms with Crippen molar-refractivity contribution in [2.24, 2.45) is 5.92 Å². The number of carboxylic acid groups (broad SMARTS) is 1. The van der Waals surface area contributed by atoms with Crippen molar-refractivity contribution in [2.75, 3.05) is 18.5 Å². The Kier molecular flexibility index (Phi) is 2.86. The molecular weight excluding hydrogens is 202 g/mol. The Hall–Kier alpha value is -1.51. The molecule has 1 aromatic rings. The first-order chi connectivity index (χ1) is 7.59. The summed E-state index contributed by atoms with van der Waals surface area (Å²) in [6, 6.07) is 5.44. The Bertz CT molecular complexity index is 410. The molecule has 1 aromatic carbocycles. The van der Waals surface area contributed by atoms with Gasteiger partial charge in [-0.15, -0.1) is 0 Å². The van der Waals surface area contributed by atoms with E-state index < -0.39 is 5.97 Å². The third-order valence-corrected chi connectivity index (χ3v) is 3.08. The third kappa shape index (κ3) is 2.18. The minimum atomic E-state index is -0.846. The first kappa shape index (κ1) is 11.0. The lowest BCUT2D eigenvalue weighted by atomic mass is 10.1. The summed E-state index contributed by atoms with van der Waals surface area (Å²) in [5.41, 5.74) is 2.30. The zero-order valence-electron chi connectivity index (χ0n) is 9.73. The van der Waals surface area contributed by atoms with Crippen LogP contribution in [0.25, 0.3) is 0 Å². The quantitative estimate of drug-likeness (QED) is 0.846.